The summed E-state index contributed by atoms with van der Waals surface area (Å²) in [6.45, 7) is 2.63. The maximum atomic E-state index is 11.8. The van der Waals surface area contributed by atoms with Crippen LogP contribution in [0.25, 0.3) is 0 Å². The predicted octanol–water partition coefficient (Wildman–Crippen LogP) is 1.58. The quantitative estimate of drug-likeness (QED) is 0.880. The van der Waals surface area contributed by atoms with Crippen molar-refractivity contribution in [1.82, 2.24) is 10.2 Å². The molecule has 1 aliphatic heterocycles. The molecule has 2 N–H and O–H groups in total. The summed E-state index contributed by atoms with van der Waals surface area (Å²) in [5, 5.41) is 14.3. The largest absolute Gasteiger partial charge is 0.393 e. The molecule has 1 aromatic rings. The van der Waals surface area contributed by atoms with E-state index < -0.39 is 0 Å². The summed E-state index contributed by atoms with van der Waals surface area (Å²) in [5.74, 6) is 0.0518. The Labute approximate surface area is 119 Å². The Morgan fingerprint density at radius 3 is 2.89 bits per heavy atom. The molecule has 0 radical (unpaired) electrons. The zero-order valence-corrected chi connectivity index (χ0v) is 12.5. The normalized spacial score (nSPS) is 17.9. The molecule has 1 aromatic heterocycles. The first kappa shape index (κ1) is 14.0. The molecule has 1 amide bonds. The van der Waals surface area contributed by atoms with Crippen LogP contribution in [0.2, 0.25) is 0 Å². The minimum atomic E-state index is -0.187. The van der Waals surface area contributed by atoms with Crippen molar-refractivity contribution in [3.05, 3.63) is 20.8 Å². The van der Waals surface area contributed by atoms with Crippen LogP contribution in [0.3, 0.4) is 0 Å². The molecule has 0 bridgehead atoms. The third-order valence-electron chi connectivity index (χ3n) is 3.01. The zero-order valence-electron chi connectivity index (χ0n) is 10.1. The summed E-state index contributed by atoms with van der Waals surface area (Å²) in [6, 6.07) is 2.02. The van der Waals surface area contributed by atoms with Crippen LogP contribution < -0.4 is 5.32 Å². The Kier molecular flexibility index (Phi) is 5.17. The third kappa shape index (κ3) is 4.35. The molecule has 2 heterocycles. The SMILES string of the molecule is O=C(CN1CCC(O)CC1)NCc1cc(Br)cs1. The van der Waals surface area contributed by atoms with Gasteiger partial charge in [-0.25, -0.2) is 0 Å². The van der Waals surface area contributed by atoms with Gasteiger partial charge in [-0.3, -0.25) is 9.69 Å². The zero-order chi connectivity index (χ0) is 13.0. The van der Waals surface area contributed by atoms with E-state index in [0.717, 1.165) is 35.3 Å². The lowest BCUT2D eigenvalue weighted by atomic mass is 10.1. The van der Waals surface area contributed by atoms with Crippen molar-refractivity contribution in [3.63, 3.8) is 0 Å². The fraction of sp³-hybridized carbons (Fsp3) is 0.583. The second kappa shape index (κ2) is 6.65. The van der Waals surface area contributed by atoms with Crippen molar-refractivity contribution < 1.29 is 9.90 Å². The van der Waals surface area contributed by atoms with Crippen LogP contribution in [0.15, 0.2) is 15.9 Å². The summed E-state index contributed by atoms with van der Waals surface area (Å²) >= 11 is 5.02. The highest BCUT2D eigenvalue weighted by atomic mass is 79.9. The number of halogens is 1. The van der Waals surface area contributed by atoms with Crippen molar-refractivity contribution in [3.8, 4) is 0 Å². The summed E-state index contributed by atoms with van der Waals surface area (Å²) < 4.78 is 1.06. The van der Waals surface area contributed by atoms with E-state index in [4.69, 9.17) is 0 Å². The van der Waals surface area contributed by atoms with E-state index >= 15 is 0 Å². The third-order valence-corrected chi connectivity index (χ3v) is 4.70. The number of hydrogen-bond donors (Lipinski definition) is 2. The first-order valence-corrected chi connectivity index (χ1v) is 7.71. The van der Waals surface area contributed by atoms with Crippen molar-refractivity contribution in [1.29, 1.82) is 0 Å². The van der Waals surface area contributed by atoms with E-state index in [0.29, 0.717) is 13.1 Å². The van der Waals surface area contributed by atoms with Gasteiger partial charge in [-0.2, -0.15) is 0 Å². The number of piperidine rings is 1. The average Bonchev–Trinajstić information content (AvgIpc) is 2.76. The molecule has 6 heteroatoms. The fourth-order valence-electron chi connectivity index (χ4n) is 1.97. The summed E-state index contributed by atoms with van der Waals surface area (Å²) in [4.78, 5) is 15.0. The number of carbonyl (C=O) groups excluding carboxylic acids is 1. The van der Waals surface area contributed by atoms with Crippen LogP contribution in [-0.2, 0) is 11.3 Å². The predicted molar refractivity (Wildman–Crippen MR) is 75.5 cm³/mol. The molecular weight excluding hydrogens is 316 g/mol. The maximum absolute atomic E-state index is 11.8. The molecule has 0 unspecified atom stereocenters. The number of nitrogens with one attached hydrogen (secondary N) is 1. The van der Waals surface area contributed by atoms with Crippen molar-refractivity contribution in [2.24, 2.45) is 0 Å². The molecule has 0 atom stereocenters. The Morgan fingerprint density at radius 1 is 1.56 bits per heavy atom. The van der Waals surface area contributed by atoms with Gasteiger partial charge in [0.05, 0.1) is 19.2 Å². The number of amides is 1. The second-order valence-electron chi connectivity index (χ2n) is 4.52. The first-order valence-electron chi connectivity index (χ1n) is 6.03. The van der Waals surface area contributed by atoms with Crippen molar-refractivity contribution in [2.45, 2.75) is 25.5 Å². The Bertz CT molecular complexity index is 403. The number of carbonyl (C=O) groups is 1. The molecule has 1 aliphatic rings. The maximum Gasteiger partial charge on any atom is 0.234 e. The minimum absolute atomic E-state index is 0.0518. The molecule has 1 fully saturated rings. The summed E-state index contributed by atoms with van der Waals surface area (Å²) in [6.07, 6.45) is 1.35. The van der Waals surface area contributed by atoms with Crippen LogP contribution in [0, 0.1) is 0 Å². The van der Waals surface area contributed by atoms with Crippen LogP contribution in [0.5, 0.6) is 0 Å². The van der Waals surface area contributed by atoms with Crippen molar-refractivity contribution in [2.75, 3.05) is 19.6 Å². The van der Waals surface area contributed by atoms with E-state index in [1.54, 1.807) is 11.3 Å². The minimum Gasteiger partial charge on any atom is -0.393 e. The Morgan fingerprint density at radius 2 is 2.28 bits per heavy atom. The van der Waals surface area contributed by atoms with Gasteiger partial charge in [-0.15, -0.1) is 11.3 Å². The molecule has 100 valence electrons. The average molecular weight is 333 g/mol. The molecule has 0 aliphatic carbocycles. The van der Waals surface area contributed by atoms with Crippen molar-refractivity contribution >= 4 is 33.2 Å². The van der Waals surface area contributed by atoms with Crippen LogP contribution >= 0.6 is 27.3 Å². The Balaban J connectivity index is 1.69. The fourth-order valence-corrected chi connectivity index (χ4v) is 3.36. The van der Waals surface area contributed by atoms with Crippen LogP contribution in [0.4, 0.5) is 0 Å². The van der Waals surface area contributed by atoms with Crippen LogP contribution in [-0.4, -0.2) is 41.7 Å². The highest BCUT2D eigenvalue weighted by Gasteiger charge is 2.18. The monoisotopic (exact) mass is 332 g/mol. The summed E-state index contributed by atoms with van der Waals surface area (Å²) in [5.41, 5.74) is 0. The topological polar surface area (TPSA) is 52.6 Å². The number of thiophene rings is 1. The highest BCUT2D eigenvalue weighted by molar-refractivity contribution is 9.10. The van der Waals surface area contributed by atoms with Gasteiger partial charge >= 0.3 is 0 Å². The smallest absolute Gasteiger partial charge is 0.234 e. The van der Waals surface area contributed by atoms with Crippen LogP contribution in [0.1, 0.15) is 17.7 Å². The second-order valence-corrected chi connectivity index (χ2v) is 6.43. The van der Waals surface area contributed by atoms with E-state index in [-0.39, 0.29) is 12.0 Å². The number of nitrogens with zero attached hydrogens (tertiary/aromatic N) is 1. The van der Waals surface area contributed by atoms with E-state index in [2.05, 4.69) is 26.1 Å². The first-order chi connectivity index (χ1) is 8.63. The molecule has 0 saturated carbocycles. The molecule has 1 saturated heterocycles. The number of aliphatic hydroxyl groups excluding tert-OH is 1. The van der Waals surface area contributed by atoms with Gasteiger partial charge in [0.15, 0.2) is 0 Å². The van der Waals surface area contributed by atoms with Gasteiger partial charge in [-0.05, 0) is 34.8 Å². The number of likely N-dealkylation sites (tertiary alicyclic amines) is 1. The molecule has 2 rings (SSSR count). The van der Waals surface area contributed by atoms with Gasteiger partial charge in [0, 0.05) is 27.8 Å². The van der Waals surface area contributed by atoms with E-state index in [9.17, 15) is 9.90 Å². The van der Waals surface area contributed by atoms with Gasteiger partial charge in [0.2, 0.25) is 5.91 Å². The van der Waals surface area contributed by atoms with E-state index in [1.807, 2.05) is 11.4 Å². The summed E-state index contributed by atoms with van der Waals surface area (Å²) in [7, 11) is 0. The van der Waals surface area contributed by atoms with Gasteiger partial charge < -0.3 is 10.4 Å². The molecule has 0 spiro atoms. The molecule has 18 heavy (non-hydrogen) atoms. The molecule has 0 aromatic carbocycles. The van der Waals surface area contributed by atoms with E-state index in [1.165, 1.54) is 0 Å². The lowest BCUT2D eigenvalue weighted by molar-refractivity contribution is -0.122. The standard InChI is InChI=1S/C12H17BrN2O2S/c13-9-5-11(18-8-9)6-14-12(17)7-15-3-1-10(16)2-4-15/h5,8,10,16H,1-4,6-7H2,(H,14,17). The van der Waals surface area contributed by atoms with Gasteiger partial charge in [0.1, 0.15) is 0 Å². The molecule has 4 nitrogen and oxygen atoms in total. The number of rotatable bonds is 4. The lowest BCUT2D eigenvalue weighted by Crippen LogP contribution is -2.42. The van der Waals surface area contributed by atoms with Gasteiger partial charge in [0.25, 0.3) is 0 Å². The highest BCUT2D eigenvalue weighted by Crippen LogP contribution is 2.19. The Hall–Kier alpha value is -0.430. The lowest BCUT2D eigenvalue weighted by Gasteiger charge is -2.28. The van der Waals surface area contributed by atoms with Gasteiger partial charge in [-0.1, -0.05) is 0 Å². The number of hydrogen-bond acceptors (Lipinski definition) is 4. The molecular formula is C12H17BrN2O2S. The number of aliphatic hydroxyl groups is 1.